The molecular formula is C29H29N5O3. The van der Waals surface area contributed by atoms with E-state index in [-0.39, 0.29) is 17.7 Å². The highest BCUT2D eigenvalue weighted by Crippen LogP contribution is 2.29. The molecule has 0 spiro atoms. The van der Waals surface area contributed by atoms with Crippen LogP contribution >= 0.6 is 0 Å². The van der Waals surface area contributed by atoms with Crippen molar-refractivity contribution in [3.05, 3.63) is 90.6 Å². The summed E-state index contributed by atoms with van der Waals surface area (Å²) in [5, 5.41) is 7.75. The second-order valence-electron chi connectivity index (χ2n) is 9.07. The summed E-state index contributed by atoms with van der Waals surface area (Å²) in [6, 6.07) is 24.9. The van der Waals surface area contributed by atoms with Crippen molar-refractivity contribution in [1.82, 2.24) is 9.78 Å². The van der Waals surface area contributed by atoms with Gasteiger partial charge in [0.15, 0.2) is 0 Å². The van der Waals surface area contributed by atoms with Crippen LogP contribution in [-0.4, -0.2) is 41.8 Å². The van der Waals surface area contributed by atoms with Gasteiger partial charge in [-0.05, 0) is 61.4 Å². The monoisotopic (exact) mass is 495 g/mol. The smallest absolute Gasteiger partial charge is 0.259 e. The number of primary amides is 1. The van der Waals surface area contributed by atoms with Crippen molar-refractivity contribution in [1.29, 1.82) is 0 Å². The fourth-order valence-corrected chi connectivity index (χ4v) is 4.61. The highest BCUT2D eigenvalue weighted by atomic mass is 16.5. The highest BCUT2D eigenvalue weighted by Gasteiger charge is 2.23. The molecule has 0 bridgehead atoms. The molecule has 3 aromatic carbocycles. The summed E-state index contributed by atoms with van der Waals surface area (Å²) in [6.45, 7) is 1.56. The third-order valence-electron chi connectivity index (χ3n) is 6.71. The lowest BCUT2D eigenvalue weighted by Gasteiger charge is -2.32. The number of nitrogens with one attached hydrogen (secondary N) is 1. The van der Waals surface area contributed by atoms with Crippen LogP contribution in [0.1, 0.15) is 23.2 Å². The van der Waals surface area contributed by atoms with Crippen molar-refractivity contribution in [2.24, 2.45) is 11.7 Å². The first-order valence-corrected chi connectivity index (χ1v) is 12.3. The molecule has 5 rings (SSSR count). The molecule has 1 saturated heterocycles. The van der Waals surface area contributed by atoms with E-state index < -0.39 is 0 Å². The van der Waals surface area contributed by atoms with E-state index in [4.69, 9.17) is 15.6 Å². The van der Waals surface area contributed by atoms with Crippen LogP contribution in [0.3, 0.4) is 0 Å². The molecule has 1 aliphatic rings. The molecular weight excluding hydrogens is 466 g/mol. The molecule has 2 heterocycles. The molecule has 0 radical (unpaired) electrons. The zero-order valence-corrected chi connectivity index (χ0v) is 20.6. The van der Waals surface area contributed by atoms with E-state index in [1.165, 1.54) is 0 Å². The van der Waals surface area contributed by atoms with Gasteiger partial charge in [0, 0.05) is 42.1 Å². The van der Waals surface area contributed by atoms with Crippen LogP contribution in [-0.2, 0) is 4.79 Å². The van der Waals surface area contributed by atoms with Crippen LogP contribution in [0.5, 0.6) is 5.75 Å². The molecule has 8 heteroatoms. The maximum Gasteiger partial charge on any atom is 0.259 e. The minimum atomic E-state index is -0.255. The molecule has 188 valence electrons. The molecule has 0 atom stereocenters. The molecule has 0 unspecified atom stereocenters. The fourth-order valence-electron chi connectivity index (χ4n) is 4.61. The third kappa shape index (κ3) is 5.33. The van der Waals surface area contributed by atoms with E-state index in [9.17, 15) is 9.59 Å². The number of hydrogen-bond donors (Lipinski definition) is 2. The van der Waals surface area contributed by atoms with Crippen LogP contribution in [0.4, 0.5) is 11.4 Å². The number of rotatable bonds is 7. The first-order valence-electron chi connectivity index (χ1n) is 12.3. The lowest BCUT2D eigenvalue weighted by atomic mass is 9.96. The van der Waals surface area contributed by atoms with Gasteiger partial charge in [0.2, 0.25) is 5.91 Å². The molecule has 0 saturated carbocycles. The van der Waals surface area contributed by atoms with Crippen LogP contribution in [0.2, 0.25) is 0 Å². The lowest BCUT2D eigenvalue weighted by molar-refractivity contribution is -0.122. The number of nitrogens with zero attached hydrogens (tertiary/aromatic N) is 3. The summed E-state index contributed by atoms with van der Waals surface area (Å²) < 4.78 is 7.09. The summed E-state index contributed by atoms with van der Waals surface area (Å²) in [7, 11) is 1.61. The number of hydrogen-bond acceptors (Lipinski definition) is 5. The minimum absolute atomic E-state index is 0.0506. The van der Waals surface area contributed by atoms with Gasteiger partial charge < -0.3 is 20.7 Å². The van der Waals surface area contributed by atoms with Crippen LogP contribution < -0.4 is 20.7 Å². The van der Waals surface area contributed by atoms with Gasteiger partial charge in [-0.1, -0.05) is 30.3 Å². The molecule has 2 amide bonds. The number of para-hydroxylation sites is 1. The second kappa shape index (κ2) is 10.6. The third-order valence-corrected chi connectivity index (χ3v) is 6.71. The highest BCUT2D eigenvalue weighted by molar-refractivity contribution is 6.08. The molecule has 37 heavy (non-hydrogen) atoms. The van der Waals surface area contributed by atoms with Gasteiger partial charge in [-0.15, -0.1) is 0 Å². The summed E-state index contributed by atoms with van der Waals surface area (Å²) in [6.07, 6.45) is 3.26. The average Bonchev–Trinajstić information content (AvgIpc) is 3.40. The first kappa shape index (κ1) is 24.1. The Hall–Kier alpha value is -4.59. The van der Waals surface area contributed by atoms with E-state index in [1.54, 1.807) is 18.0 Å². The normalized spacial score (nSPS) is 13.8. The second-order valence-corrected chi connectivity index (χ2v) is 9.07. The summed E-state index contributed by atoms with van der Waals surface area (Å²) in [5.41, 5.74) is 9.85. The quantitative estimate of drug-likeness (QED) is 0.393. The summed E-state index contributed by atoms with van der Waals surface area (Å²) in [5.74, 6) is 0.163. The number of ether oxygens (including phenoxy) is 1. The Morgan fingerprint density at radius 3 is 2.35 bits per heavy atom. The van der Waals surface area contributed by atoms with Gasteiger partial charge in [0.25, 0.3) is 5.91 Å². The topological polar surface area (TPSA) is 102 Å². The predicted octanol–water partition coefficient (Wildman–Crippen LogP) is 4.50. The maximum atomic E-state index is 13.4. The standard InChI is InChI=1S/C29H29N5O3/c1-37-25-9-5-6-21(18-25)27-26(19-34(32-27)24-7-3-2-4-8-24)29(36)31-22-10-12-23(13-11-22)33-16-14-20(15-17-33)28(30)35/h2-13,18-20H,14-17H2,1H3,(H2,30,35)(H,31,36). The number of methoxy groups -OCH3 is 1. The van der Waals surface area contributed by atoms with Crippen molar-refractivity contribution in [3.8, 4) is 22.7 Å². The molecule has 8 nitrogen and oxygen atoms in total. The van der Waals surface area contributed by atoms with E-state index in [0.29, 0.717) is 22.7 Å². The van der Waals surface area contributed by atoms with Gasteiger partial charge in [-0.2, -0.15) is 5.10 Å². The van der Waals surface area contributed by atoms with Crippen molar-refractivity contribution >= 4 is 23.2 Å². The Morgan fingerprint density at radius 2 is 1.68 bits per heavy atom. The lowest BCUT2D eigenvalue weighted by Crippen LogP contribution is -2.38. The van der Waals surface area contributed by atoms with Gasteiger partial charge in [-0.25, -0.2) is 4.68 Å². The van der Waals surface area contributed by atoms with Gasteiger partial charge in [0.1, 0.15) is 11.4 Å². The number of benzene rings is 3. The van der Waals surface area contributed by atoms with Crippen molar-refractivity contribution in [3.63, 3.8) is 0 Å². The van der Waals surface area contributed by atoms with E-state index in [0.717, 1.165) is 42.9 Å². The van der Waals surface area contributed by atoms with Crippen LogP contribution in [0.15, 0.2) is 85.1 Å². The minimum Gasteiger partial charge on any atom is -0.497 e. The Balaban J connectivity index is 1.37. The van der Waals surface area contributed by atoms with Crippen molar-refractivity contribution in [2.75, 3.05) is 30.4 Å². The molecule has 1 aliphatic heterocycles. The molecule has 0 aliphatic carbocycles. The summed E-state index contributed by atoms with van der Waals surface area (Å²) in [4.78, 5) is 27.1. The van der Waals surface area contributed by atoms with E-state index in [1.807, 2.05) is 78.9 Å². The van der Waals surface area contributed by atoms with E-state index >= 15 is 0 Å². The van der Waals surface area contributed by atoms with Gasteiger partial charge in [-0.3, -0.25) is 9.59 Å². The number of amides is 2. The Labute approximate surface area is 215 Å². The van der Waals surface area contributed by atoms with Crippen molar-refractivity contribution in [2.45, 2.75) is 12.8 Å². The molecule has 1 aromatic heterocycles. The van der Waals surface area contributed by atoms with Gasteiger partial charge >= 0.3 is 0 Å². The van der Waals surface area contributed by atoms with Gasteiger partial charge in [0.05, 0.1) is 18.4 Å². The van der Waals surface area contributed by atoms with Crippen LogP contribution in [0.25, 0.3) is 16.9 Å². The number of carbonyl (C=O) groups is 2. The SMILES string of the molecule is COc1cccc(-c2nn(-c3ccccc3)cc2C(=O)Nc2ccc(N3CCC(C(N)=O)CC3)cc2)c1. The van der Waals surface area contributed by atoms with E-state index in [2.05, 4.69) is 10.2 Å². The number of nitrogens with two attached hydrogens (primary N) is 1. The molecule has 3 N–H and O–H groups in total. The van der Waals surface area contributed by atoms with Crippen LogP contribution in [0, 0.1) is 5.92 Å². The zero-order chi connectivity index (χ0) is 25.8. The number of aromatic nitrogens is 2. The molecule has 4 aromatic rings. The number of piperidine rings is 1. The maximum absolute atomic E-state index is 13.4. The molecule has 1 fully saturated rings. The zero-order valence-electron chi connectivity index (χ0n) is 20.6. The first-order chi connectivity index (χ1) is 18.0. The Kier molecular flexibility index (Phi) is 6.89. The Bertz CT molecular complexity index is 1390. The number of anilines is 2. The fraction of sp³-hybridized carbons (Fsp3) is 0.207. The largest absolute Gasteiger partial charge is 0.497 e. The average molecular weight is 496 g/mol. The predicted molar refractivity (Wildman–Crippen MR) is 144 cm³/mol. The summed E-state index contributed by atoms with van der Waals surface area (Å²) >= 11 is 0. The number of carbonyl (C=O) groups excluding carboxylic acids is 2. The Morgan fingerprint density at radius 1 is 0.946 bits per heavy atom. The van der Waals surface area contributed by atoms with Crippen molar-refractivity contribution < 1.29 is 14.3 Å².